The molecule has 22 atom stereocenters. The van der Waals surface area contributed by atoms with Gasteiger partial charge in [-0.25, -0.2) is 33.6 Å². The van der Waals surface area contributed by atoms with E-state index in [0.29, 0.717) is 22.3 Å². The van der Waals surface area contributed by atoms with Crippen LogP contribution in [0.25, 0.3) is 0 Å². The number of esters is 6. The summed E-state index contributed by atoms with van der Waals surface area (Å²) >= 11 is 0. The third kappa shape index (κ3) is 24.9. The smallest absolute Gasteiger partial charge is 0.410 e. The fourth-order valence-electron chi connectivity index (χ4n) is 17.3. The van der Waals surface area contributed by atoms with Gasteiger partial charge in [0.2, 0.25) is 0 Å². The van der Waals surface area contributed by atoms with Crippen molar-refractivity contribution in [3.05, 3.63) is 431 Å². The van der Waals surface area contributed by atoms with Crippen LogP contribution in [0.4, 0.5) is 4.79 Å². The van der Waals surface area contributed by atoms with E-state index in [2.05, 4.69) is 0 Å². The van der Waals surface area contributed by atoms with Crippen LogP contribution >= 0.6 is 0 Å². The van der Waals surface area contributed by atoms with E-state index in [-0.39, 0.29) is 86.1 Å². The van der Waals surface area contributed by atoms with Crippen LogP contribution in [0.5, 0.6) is 0 Å². The van der Waals surface area contributed by atoms with Gasteiger partial charge in [0, 0.05) is 24.2 Å². The topological polar surface area (TPSA) is 337 Å². The van der Waals surface area contributed by atoms with Gasteiger partial charge in [0.05, 0.1) is 79.6 Å². The first-order chi connectivity index (χ1) is 69.2. The van der Waals surface area contributed by atoms with Crippen molar-refractivity contribution in [1.82, 2.24) is 4.90 Å². The van der Waals surface area contributed by atoms with Crippen LogP contribution in [-0.4, -0.2) is 214 Å². The highest BCUT2D eigenvalue weighted by Crippen LogP contribution is 2.45. The highest BCUT2D eigenvalue weighted by molar-refractivity contribution is 5.92. The summed E-state index contributed by atoms with van der Waals surface area (Å²) in [5, 5.41) is 13.1. The van der Waals surface area contributed by atoms with Crippen LogP contribution in [0.1, 0.15) is 108 Å². The number of hydrogen-bond donors (Lipinski definition) is 1. The molecule has 18 rings (SSSR count). The summed E-state index contributed by atoms with van der Waals surface area (Å²) < 4.78 is 145. The molecule has 22 unspecified atom stereocenters. The van der Waals surface area contributed by atoms with Gasteiger partial charge >= 0.3 is 41.9 Å². The molecule has 12 aromatic carbocycles. The van der Waals surface area contributed by atoms with Gasteiger partial charge in [0.25, 0.3) is 0 Å². The first kappa shape index (κ1) is 97.4. The average molecular weight is 1920 g/mol. The van der Waals surface area contributed by atoms with Crippen molar-refractivity contribution in [2.75, 3.05) is 39.6 Å². The van der Waals surface area contributed by atoms with Crippen molar-refractivity contribution in [1.29, 1.82) is 0 Å². The van der Waals surface area contributed by atoms with Crippen molar-refractivity contribution in [3.63, 3.8) is 0 Å². The van der Waals surface area contributed by atoms with Gasteiger partial charge in [-0.15, -0.1) is 0 Å². The second-order valence-electron chi connectivity index (χ2n) is 34.1. The number of hydrogen-bond acceptors (Lipinski definition) is 29. The Morgan fingerprint density at radius 3 is 0.972 bits per heavy atom. The first-order valence-corrected chi connectivity index (χ1v) is 46.5. The monoisotopic (exact) mass is 1910 g/mol. The molecule has 0 aromatic heterocycles. The zero-order chi connectivity index (χ0) is 96.6. The number of aliphatic hydroxyl groups excluding tert-OH is 1. The molecule has 6 aliphatic rings. The van der Waals surface area contributed by atoms with Crippen LogP contribution in [0, 0.1) is 0 Å². The van der Waals surface area contributed by atoms with Crippen molar-refractivity contribution in [2.24, 2.45) is 0 Å². The quantitative estimate of drug-likeness (QED) is 0.0281. The fourth-order valence-corrected chi connectivity index (χ4v) is 17.3. The lowest BCUT2D eigenvalue weighted by molar-refractivity contribution is -0.411. The number of fused-ring (bicyclic) bond motifs is 2. The SMILES string of the molecule is O=C(OC1C(OC2C(COCc3ccccc3)OC(OC3C4OC(c5ccccc5)OCC4OC(OC4C(COCc5ccccc5)OC(OCCN(Cc5ccccc5)C(=O)OCc5ccccc5)C(OC(=O)c5ccccc5)C4OC(=O)c4ccccc4)C3OC(=O)c3ccccc3)C(OC(=O)c3ccccc3)C2OC(=O)c2ccccc2)OC2COC(c3ccccc3)OC2C1O)c1ccccc1. The number of aliphatic hydroxyl groups is 1. The van der Waals surface area contributed by atoms with Crippen molar-refractivity contribution in [2.45, 2.75) is 162 Å². The molecule has 726 valence electrons. The predicted octanol–water partition coefficient (Wildman–Crippen LogP) is 15.3. The second kappa shape index (κ2) is 47.9. The molecule has 6 aliphatic heterocycles. The molecule has 6 fully saturated rings. The van der Waals surface area contributed by atoms with Crippen LogP contribution < -0.4 is 0 Å². The lowest BCUT2D eigenvalue weighted by Gasteiger charge is -2.53. The Morgan fingerprint density at radius 1 is 0.291 bits per heavy atom. The Labute approximate surface area is 812 Å². The fraction of sp³-hybridized carbons (Fsp3) is 0.288. The summed E-state index contributed by atoms with van der Waals surface area (Å²) in [5.74, 6) is -5.93. The van der Waals surface area contributed by atoms with Crippen molar-refractivity contribution >= 4 is 41.9 Å². The van der Waals surface area contributed by atoms with Gasteiger partial charge < -0.3 is 109 Å². The standard InChI is InChI=1S/C111H103NO29/c113-87-88-85(69-124-105(137-88)81-57-33-11-34-58-81)129-108(92(87)131-99(114)75-45-21-5-22-46-75)139-90-84(68-122-65-73-41-17-3-18-42-73)128-110(97(135-103(118)79-53-29-9-30-54-79)94(90)133-101(116)77-49-25-7-26-50-77)141-95-91-86(70-125-106(138-91)82-59-35-12-36-60-82)130-109(98(95)136-104(119)80-55-31-10-32-56-80)140-89-83(67-121-64-72-39-15-2-16-40-72)127-107(96(134-102(117)78-51-27-8-28-52-78)93(89)132-100(115)76-47-23-6-24-48-76)123-62-61-112(63-71-37-13-1-14-38-71)111(120)126-66-74-43-19-4-20-44-74/h1-60,83-98,105-110,113H,61-70H2. The van der Waals surface area contributed by atoms with E-state index in [1.807, 2.05) is 127 Å². The number of carbonyl (C=O) groups excluding carboxylic acids is 7. The minimum atomic E-state index is -2.13. The van der Waals surface area contributed by atoms with Crippen LogP contribution in [-0.2, 0) is 126 Å². The minimum absolute atomic E-state index is 0.0142. The minimum Gasteiger partial charge on any atom is -0.452 e. The van der Waals surface area contributed by atoms with E-state index in [9.17, 15) is 14.7 Å². The molecule has 0 bridgehead atoms. The number of carbonyl (C=O) groups is 7. The second-order valence-corrected chi connectivity index (χ2v) is 34.1. The van der Waals surface area contributed by atoms with Gasteiger partial charge in [-0.1, -0.05) is 291 Å². The maximum Gasteiger partial charge on any atom is 0.410 e. The average Bonchev–Trinajstić information content (AvgIpc) is 0.745. The normalized spacial score (nSPS) is 26.2. The molecule has 30 heteroatoms. The maximum atomic E-state index is 15.9. The molecular formula is C111H103NO29. The van der Waals surface area contributed by atoms with E-state index >= 15 is 24.0 Å². The van der Waals surface area contributed by atoms with E-state index in [1.165, 1.54) is 77.7 Å². The van der Waals surface area contributed by atoms with Gasteiger partial charge in [-0.2, -0.15) is 0 Å². The molecule has 0 radical (unpaired) electrons. The first-order valence-electron chi connectivity index (χ1n) is 46.5. The van der Waals surface area contributed by atoms with Gasteiger partial charge in [-0.3, -0.25) is 0 Å². The van der Waals surface area contributed by atoms with E-state index < -0.39 is 191 Å². The summed E-state index contributed by atoms with van der Waals surface area (Å²) in [6.45, 7) is -2.30. The third-order valence-corrected chi connectivity index (χ3v) is 24.4. The highest BCUT2D eigenvalue weighted by atomic mass is 16.8. The Balaban J connectivity index is 0.778. The molecule has 30 nitrogen and oxygen atoms in total. The number of amides is 1. The zero-order valence-corrected chi connectivity index (χ0v) is 76.2. The predicted molar refractivity (Wildman–Crippen MR) is 501 cm³/mol. The molecule has 0 spiro atoms. The summed E-state index contributed by atoms with van der Waals surface area (Å²) in [7, 11) is 0. The molecule has 1 amide bonds. The van der Waals surface area contributed by atoms with E-state index in [1.54, 1.807) is 164 Å². The highest BCUT2D eigenvalue weighted by Gasteiger charge is 2.63. The Kier molecular flexibility index (Phi) is 33.0. The lowest BCUT2D eigenvalue weighted by atomic mass is 9.94. The summed E-state index contributed by atoms with van der Waals surface area (Å²) in [6.07, 6.45) is -38.5. The number of ether oxygens (including phenoxy) is 21. The molecule has 0 aliphatic carbocycles. The molecule has 0 saturated carbocycles. The van der Waals surface area contributed by atoms with E-state index in [0.717, 1.165) is 11.1 Å². The van der Waals surface area contributed by atoms with Crippen molar-refractivity contribution in [3.8, 4) is 0 Å². The third-order valence-electron chi connectivity index (χ3n) is 24.4. The summed E-state index contributed by atoms with van der Waals surface area (Å²) in [4.78, 5) is 109. The number of benzene rings is 12. The van der Waals surface area contributed by atoms with Gasteiger partial charge in [0.15, 0.2) is 74.4 Å². The lowest BCUT2D eigenvalue weighted by Crippen LogP contribution is -2.70. The Bertz CT molecular complexity index is 5990. The van der Waals surface area contributed by atoms with Gasteiger partial charge in [0.1, 0.15) is 67.6 Å². The zero-order valence-electron chi connectivity index (χ0n) is 76.2. The molecule has 6 saturated heterocycles. The largest absolute Gasteiger partial charge is 0.452 e. The van der Waals surface area contributed by atoms with Crippen LogP contribution in [0.15, 0.2) is 364 Å². The van der Waals surface area contributed by atoms with Crippen LogP contribution in [0.3, 0.4) is 0 Å². The summed E-state index contributed by atoms with van der Waals surface area (Å²) in [6, 6.07) is 102. The number of nitrogens with zero attached hydrogens (tertiary/aromatic N) is 1. The molecule has 1 N–H and O–H groups in total. The Morgan fingerprint density at radius 2 is 0.582 bits per heavy atom. The maximum absolute atomic E-state index is 15.9. The molecule has 141 heavy (non-hydrogen) atoms. The molecule has 6 heterocycles. The van der Waals surface area contributed by atoms with Crippen molar-refractivity contribution < 1.29 is 138 Å². The van der Waals surface area contributed by atoms with Gasteiger partial charge in [-0.05, 0) is 95.1 Å². The Hall–Kier alpha value is -13.9. The molecule has 12 aromatic rings. The molecular weight excluding hydrogens is 1810 g/mol. The van der Waals surface area contributed by atoms with E-state index in [4.69, 9.17) is 99.5 Å². The van der Waals surface area contributed by atoms with Crippen LogP contribution in [0.2, 0.25) is 0 Å². The number of rotatable bonds is 36. The summed E-state index contributed by atoms with van der Waals surface area (Å²) in [5.41, 5.74) is 4.04.